The Labute approximate surface area is 626 Å². The molecule has 0 saturated heterocycles. The number of carbonyl (C=O) groups is 4. The van der Waals surface area contributed by atoms with Crippen molar-refractivity contribution in [3.05, 3.63) is 0 Å². The van der Waals surface area contributed by atoms with Crippen LogP contribution in [0.5, 0.6) is 0 Å². The molecule has 0 fully saturated rings. The molecule has 0 amide bonds. The van der Waals surface area contributed by atoms with Crippen LogP contribution in [0, 0.1) is 5.92 Å². The van der Waals surface area contributed by atoms with Crippen molar-refractivity contribution >= 4 is 39.5 Å². The molecule has 0 radical (unpaired) electrons. The van der Waals surface area contributed by atoms with Gasteiger partial charge in [-0.3, -0.25) is 37.3 Å². The number of esters is 4. The van der Waals surface area contributed by atoms with Gasteiger partial charge in [-0.25, -0.2) is 9.13 Å². The van der Waals surface area contributed by atoms with Gasteiger partial charge in [0.1, 0.15) is 19.3 Å². The normalized spacial score (nSPS) is 14.1. The molecule has 0 rings (SSSR count). The summed E-state index contributed by atoms with van der Waals surface area (Å²) in [6, 6.07) is 0. The molecule has 19 heteroatoms. The molecule has 0 saturated carbocycles. The first kappa shape index (κ1) is 100. The van der Waals surface area contributed by atoms with Gasteiger partial charge in [0.05, 0.1) is 26.4 Å². The van der Waals surface area contributed by atoms with Crippen LogP contribution in [0.25, 0.3) is 0 Å². The second-order valence-corrected chi connectivity index (χ2v) is 33.0. The van der Waals surface area contributed by atoms with Crippen LogP contribution in [0.1, 0.15) is 446 Å². The highest BCUT2D eigenvalue weighted by Gasteiger charge is 2.30. The van der Waals surface area contributed by atoms with Crippen molar-refractivity contribution in [2.75, 3.05) is 39.6 Å². The van der Waals surface area contributed by atoms with Crippen LogP contribution in [0.4, 0.5) is 0 Å². The Morgan fingerprint density at radius 1 is 0.275 bits per heavy atom. The van der Waals surface area contributed by atoms with Crippen molar-refractivity contribution in [2.45, 2.75) is 464 Å². The van der Waals surface area contributed by atoms with E-state index in [-0.39, 0.29) is 25.7 Å². The average Bonchev–Trinajstić information content (AvgIpc) is 0.919. The number of rotatable bonds is 83. The molecule has 0 heterocycles. The lowest BCUT2D eigenvalue weighted by molar-refractivity contribution is -0.161. The number of unbranched alkanes of at least 4 members (excludes halogenated alkanes) is 54. The molecule has 17 nitrogen and oxygen atoms in total. The molecule has 0 aliphatic rings. The first-order chi connectivity index (χ1) is 49.6. The molecule has 0 aromatic rings. The van der Waals surface area contributed by atoms with Gasteiger partial charge in [0.2, 0.25) is 0 Å². The third kappa shape index (κ3) is 74.9. The third-order valence-electron chi connectivity index (χ3n) is 19.9. The van der Waals surface area contributed by atoms with Crippen molar-refractivity contribution < 1.29 is 80.2 Å². The molecule has 3 N–H and O–H groups in total. The molecule has 0 aliphatic carbocycles. The second kappa shape index (κ2) is 75.9. The second-order valence-electron chi connectivity index (χ2n) is 30.1. The van der Waals surface area contributed by atoms with Crippen LogP contribution in [-0.4, -0.2) is 96.7 Å². The van der Waals surface area contributed by atoms with E-state index in [0.29, 0.717) is 25.7 Å². The van der Waals surface area contributed by atoms with Crippen molar-refractivity contribution in [1.82, 2.24) is 0 Å². The Morgan fingerprint density at radius 2 is 0.471 bits per heavy atom. The molecule has 0 aromatic carbocycles. The van der Waals surface area contributed by atoms with Gasteiger partial charge >= 0.3 is 39.5 Å². The number of aliphatic hydroxyl groups excluding tert-OH is 1. The number of aliphatic hydroxyl groups is 1. The number of hydrogen-bond acceptors (Lipinski definition) is 15. The molecular formula is C83H162O17P2. The van der Waals surface area contributed by atoms with Gasteiger partial charge in [-0.05, 0) is 31.6 Å². The third-order valence-corrected chi connectivity index (χ3v) is 21.8. The lowest BCUT2D eigenvalue weighted by Gasteiger charge is -2.21. The predicted octanol–water partition coefficient (Wildman–Crippen LogP) is 25.2. The molecule has 102 heavy (non-hydrogen) atoms. The lowest BCUT2D eigenvalue weighted by atomic mass is 9.99. The minimum absolute atomic E-state index is 0.105. The SMILES string of the molecule is CCCCCCCCCCCCCCCCCCCCCCCC(=O)OC[C@H](COP(=O)(O)OC[C@@H](O)COP(=O)(O)OC[C@@H](COC(=O)CCCCCCCCCC)OC(=O)CCCCCCCCCCC(C)CC)OC(=O)CCCCCCCCCCCCCCCCCCCCCCC. The summed E-state index contributed by atoms with van der Waals surface area (Å²) >= 11 is 0. The molecule has 0 aliphatic heterocycles. The monoisotopic (exact) mass is 1490 g/mol. The summed E-state index contributed by atoms with van der Waals surface area (Å²) in [6.45, 7) is 7.30. The highest BCUT2D eigenvalue weighted by molar-refractivity contribution is 7.47. The van der Waals surface area contributed by atoms with E-state index < -0.39 is 97.5 Å². The summed E-state index contributed by atoms with van der Waals surface area (Å²) < 4.78 is 68.7. The number of ether oxygens (including phenoxy) is 4. The number of phosphoric acid groups is 2. The van der Waals surface area contributed by atoms with Crippen LogP contribution in [0.3, 0.4) is 0 Å². The zero-order chi connectivity index (χ0) is 74.8. The Kier molecular flexibility index (Phi) is 74.4. The van der Waals surface area contributed by atoms with Gasteiger partial charge in [0.15, 0.2) is 12.2 Å². The van der Waals surface area contributed by atoms with Crippen LogP contribution in [0.15, 0.2) is 0 Å². The number of hydrogen-bond donors (Lipinski definition) is 3. The quantitative estimate of drug-likeness (QED) is 0.0222. The highest BCUT2D eigenvalue weighted by atomic mass is 31.2. The fraction of sp³-hybridized carbons (Fsp3) is 0.952. The number of phosphoric ester groups is 2. The number of carbonyl (C=O) groups excluding carboxylic acids is 4. The molecule has 0 spiro atoms. The molecule has 6 atom stereocenters. The zero-order valence-corrected chi connectivity index (χ0v) is 68.5. The molecule has 0 bridgehead atoms. The molecular weight excluding hydrogens is 1330 g/mol. The van der Waals surface area contributed by atoms with E-state index in [4.69, 9.17) is 37.0 Å². The van der Waals surface area contributed by atoms with Gasteiger partial charge in [0.25, 0.3) is 0 Å². The van der Waals surface area contributed by atoms with Crippen LogP contribution < -0.4 is 0 Å². The minimum atomic E-state index is -4.96. The van der Waals surface area contributed by atoms with Gasteiger partial charge in [-0.1, -0.05) is 394 Å². The van der Waals surface area contributed by atoms with E-state index >= 15 is 0 Å². The van der Waals surface area contributed by atoms with Gasteiger partial charge in [-0.15, -0.1) is 0 Å². The molecule has 3 unspecified atom stereocenters. The minimum Gasteiger partial charge on any atom is -0.462 e. The summed E-state index contributed by atoms with van der Waals surface area (Å²) in [7, 11) is -9.92. The summed E-state index contributed by atoms with van der Waals surface area (Å²) in [6.07, 6.45) is 68.3. The molecule has 606 valence electrons. The van der Waals surface area contributed by atoms with E-state index in [1.54, 1.807) is 0 Å². The molecule has 0 aromatic heterocycles. The Hall–Kier alpha value is -1.94. The predicted molar refractivity (Wildman–Crippen MR) is 418 cm³/mol. The van der Waals surface area contributed by atoms with E-state index in [0.717, 1.165) is 102 Å². The summed E-state index contributed by atoms with van der Waals surface area (Å²) in [5.41, 5.74) is 0. The largest absolute Gasteiger partial charge is 0.472 e. The van der Waals surface area contributed by atoms with Gasteiger partial charge in [0, 0.05) is 25.7 Å². The highest BCUT2D eigenvalue weighted by Crippen LogP contribution is 2.45. The van der Waals surface area contributed by atoms with E-state index in [9.17, 15) is 43.2 Å². The fourth-order valence-electron chi connectivity index (χ4n) is 12.9. The first-order valence-corrected chi connectivity index (χ1v) is 46.2. The summed E-state index contributed by atoms with van der Waals surface area (Å²) in [5, 5.41) is 10.6. The topological polar surface area (TPSA) is 237 Å². The smallest absolute Gasteiger partial charge is 0.462 e. The van der Waals surface area contributed by atoms with Crippen molar-refractivity contribution in [3.8, 4) is 0 Å². The van der Waals surface area contributed by atoms with E-state index in [1.807, 2.05) is 0 Å². The Bertz CT molecular complexity index is 1950. The van der Waals surface area contributed by atoms with Crippen molar-refractivity contribution in [1.29, 1.82) is 0 Å². The first-order valence-electron chi connectivity index (χ1n) is 43.2. The fourth-order valence-corrected chi connectivity index (χ4v) is 14.5. The van der Waals surface area contributed by atoms with E-state index in [2.05, 4.69) is 34.6 Å². The van der Waals surface area contributed by atoms with Crippen molar-refractivity contribution in [3.63, 3.8) is 0 Å². The van der Waals surface area contributed by atoms with Crippen LogP contribution in [-0.2, 0) is 65.4 Å². The average molecular weight is 1490 g/mol. The van der Waals surface area contributed by atoms with Crippen LogP contribution >= 0.6 is 15.6 Å². The van der Waals surface area contributed by atoms with Gasteiger partial charge < -0.3 is 33.8 Å². The summed E-state index contributed by atoms with van der Waals surface area (Å²) in [4.78, 5) is 72.9. The summed E-state index contributed by atoms with van der Waals surface area (Å²) in [5.74, 6) is -1.34. The van der Waals surface area contributed by atoms with Crippen molar-refractivity contribution in [2.24, 2.45) is 5.92 Å². The standard InChI is InChI=1S/C83H162O17P2/c1-6-10-13-16-19-22-24-26-28-30-32-34-36-38-40-42-44-46-52-57-62-67-81(86)94-73-79(99-82(87)68-63-58-53-47-45-43-41-39-37-35-33-31-29-27-25-23-20-17-14-11-7-2)75-98-102(91,92)96-71-77(84)70-95-101(89,90)97-74-78(72-93-80(85)66-61-56-51-21-18-15-12-8-3)100-83(88)69-64-59-54-49-48-50-55-60-65-76(5)9-4/h76-79,84H,6-75H2,1-5H3,(H,89,90)(H,91,92)/t76?,77-,78+,79+/m0/s1. The maximum absolute atomic E-state index is 13.1. The maximum atomic E-state index is 13.1. The Morgan fingerprint density at radius 3 is 0.696 bits per heavy atom. The lowest BCUT2D eigenvalue weighted by Crippen LogP contribution is -2.30. The van der Waals surface area contributed by atoms with E-state index in [1.165, 1.54) is 263 Å². The Balaban J connectivity index is 5.16. The van der Waals surface area contributed by atoms with Gasteiger partial charge in [-0.2, -0.15) is 0 Å². The maximum Gasteiger partial charge on any atom is 0.472 e. The zero-order valence-electron chi connectivity index (χ0n) is 66.8. The van der Waals surface area contributed by atoms with Crippen LogP contribution in [0.2, 0.25) is 0 Å².